The third-order valence-corrected chi connectivity index (χ3v) is 6.87. The summed E-state index contributed by atoms with van der Waals surface area (Å²) in [5.41, 5.74) is 1.77. The van der Waals surface area contributed by atoms with Gasteiger partial charge in [0, 0.05) is 44.3 Å². The predicted molar refractivity (Wildman–Crippen MR) is 147 cm³/mol. The van der Waals surface area contributed by atoms with Gasteiger partial charge in [-0.25, -0.2) is 9.37 Å². The monoisotopic (exact) mass is 524 g/mol. The van der Waals surface area contributed by atoms with Gasteiger partial charge in [0.25, 0.3) is 0 Å². The molecule has 1 aromatic carbocycles. The number of hydrogen-bond acceptors (Lipinski definition) is 5. The normalized spacial score (nSPS) is 19.0. The zero-order valence-corrected chi connectivity index (χ0v) is 23.1. The molecular weight excluding hydrogens is 491 g/mol. The number of amides is 1. The maximum atomic E-state index is 14.8. The van der Waals surface area contributed by atoms with E-state index in [1.54, 1.807) is 25.2 Å². The Bertz CT molecular complexity index is 1430. The summed E-state index contributed by atoms with van der Waals surface area (Å²) in [5.74, 6) is 0.218. The lowest BCUT2D eigenvalue weighted by atomic mass is 9.97. The molecule has 196 valence electrons. The van der Waals surface area contributed by atoms with E-state index < -0.39 is 5.82 Å². The number of carbonyl (C=O) groups excluding carboxylic acids is 1. The summed E-state index contributed by atoms with van der Waals surface area (Å²) in [6.45, 7) is 15.8. The Kier molecular flexibility index (Phi) is 7.42. The number of anilines is 1. The van der Waals surface area contributed by atoms with Gasteiger partial charge in [0.05, 0.1) is 16.1 Å². The van der Waals surface area contributed by atoms with E-state index in [1.807, 2.05) is 22.5 Å². The van der Waals surface area contributed by atoms with Gasteiger partial charge in [-0.2, -0.15) is 4.98 Å². The van der Waals surface area contributed by atoms with Gasteiger partial charge in [0.1, 0.15) is 17.3 Å². The summed E-state index contributed by atoms with van der Waals surface area (Å²) >= 11 is 6.76. The number of halogens is 2. The van der Waals surface area contributed by atoms with E-state index >= 15 is 0 Å². The van der Waals surface area contributed by atoms with Crippen LogP contribution >= 0.6 is 11.6 Å². The van der Waals surface area contributed by atoms with E-state index in [4.69, 9.17) is 21.6 Å². The molecule has 1 aliphatic heterocycles. The number of fused-ring (bicyclic) bond motifs is 1. The van der Waals surface area contributed by atoms with Crippen LogP contribution in [-0.2, 0) is 11.3 Å². The molecule has 2 atom stereocenters. The van der Waals surface area contributed by atoms with Crippen LogP contribution in [0.4, 0.5) is 10.2 Å². The van der Waals surface area contributed by atoms with Crippen molar-refractivity contribution >= 4 is 34.4 Å². The summed E-state index contributed by atoms with van der Waals surface area (Å²) in [4.78, 5) is 30.8. The molecule has 3 aromatic rings. The summed E-state index contributed by atoms with van der Waals surface area (Å²) in [6.07, 6.45) is 1.35. The van der Waals surface area contributed by atoms with Crippen LogP contribution in [0.3, 0.4) is 0 Å². The molecule has 2 aromatic heterocycles. The van der Waals surface area contributed by atoms with Crippen molar-refractivity contribution in [2.24, 2.45) is 10.4 Å². The van der Waals surface area contributed by atoms with Gasteiger partial charge in [-0.1, -0.05) is 51.1 Å². The highest BCUT2D eigenvalue weighted by molar-refractivity contribution is 6.33. The van der Waals surface area contributed by atoms with E-state index in [9.17, 15) is 9.18 Å². The molecule has 0 saturated carbocycles. The predicted octanol–water partition coefficient (Wildman–Crippen LogP) is 5.08. The number of hydrogen-bond donors (Lipinski definition) is 0. The third-order valence-electron chi connectivity index (χ3n) is 6.58. The molecule has 0 aliphatic carbocycles. The summed E-state index contributed by atoms with van der Waals surface area (Å²) in [5, 5.41) is 1.09. The molecule has 1 aliphatic rings. The fourth-order valence-electron chi connectivity index (χ4n) is 4.86. The van der Waals surface area contributed by atoms with Gasteiger partial charge in [-0.3, -0.25) is 14.4 Å². The summed E-state index contributed by atoms with van der Waals surface area (Å²) < 4.78 is 16.8. The number of nitrogens with zero attached hydrogens (tertiary/aromatic N) is 6. The molecule has 1 amide bonds. The van der Waals surface area contributed by atoms with Crippen LogP contribution in [-0.4, -0.2) is 57.6 Å². The second-order valence-corrected chi connectivity index (χ2v) is 11.2. The summed E-state index contributed by atoms with van der Waals surface area (Å²) in [6, 6.07) is 8.23. The van der Waals surface area contributed by atoms with Gasteiger partial charge < -0.3 is 9.80 Å². The Balaban J connectivity index is 1.98. The van der Waals surface area contributed by atoms with Crippen molar-refractivity contribution < 1.29 is 9.18 Å². The van der Waals surface area contributed by atoms with E-state index in [0.717, 1.165) is 5.39 Å². The van der Waals surface area contributed by atoms with Gasteiger partial charge in [-0.05, 0) is 43.5 Å². The highest BCUT2D eigenvalue weighted by Crippen LogP contribution is 2.35. The van der Waals surface area contributed by atoms with Crippen molar-refractivity contribution in [1.82, 2.24) is 19.4 Å². The van der Waals surface area contributed by atoms with Gasteiger partial charge >= 0.3 is 0 Å². The van der Waals surface area contributed by atoms with Crippen LogP contribution in [0, 0.1) is 11.2 Å². The van der Waals surface area contributed by atoms with Crippen LogP contribution in [0.15, 0.2) is 48.0 Å². The van der Waals surface area contributed by atoms with Crippen molar-refractivity contribution in [1.29, 1.82) is 0 Å². The first kappa shape index (κ1) is 26.8. The Morgan fingerprint density at radius 2 is 1.92 bits per heavy atom. The molecule has 0 spiro atoms. The number of rotatable bonds is 4. The minimum atomic E-state index is -0.390. The number of carbonyl (C=O) groups is 1. The molecule has 9 heteroatoms. The fourth-order valence-corrected chi connectivity index (χ4v) is 5.11. The highest BCUT2D eigenvalue weighted by Gasteiger charge is 2.33. The third kappa shape index (κ3) is 5.25. The average Bonchev–Trinajstić information content (AvgIpc) is 2.84. The molecule has 0 radical (unpaired) electrons. The Morgan fingerprint density at radius 3 is 2.54 bits per heavy atom. The van der Waals surface area contributed by atoms with Gasteiger partial charge in [-0.15, -0.1) is 0 Å². The lowest BCUT2D eigenvalue weighted by Gasteiger charge is -2.44. The lowest BCUT2D eigenvalue weighted by molar-refractivity contribution is -0.128. The molecule has 1 fully saturated rings. The van der Waals surface area contributed by atoms with E-state index in [-0.39, 0.29) is 23.4 Å². The molecule has 0 unspecified atom stereocenters. The number of aromatic nitrogens is 3. The first-order chi connectivity index (χ1) is 17.4. The molecule has 0 bridgehead atoms. The SMILES string of the molecule is C=CC(=O)N1C[C@H](C)N(c2nc(=NC)n(CC(C)(C)C)c3nc(-c4ccccc4F)c(Cl)cc23)C[C@H]1C. The molecule has 4 rings (SSSR count). The van der Waals surface area contributed by atoms with Crippen molar-refractivity contribution in [3.63, 3.8) is 0 Å². The van der Waals surface area contributed by atoms with E-state index in [0.29, 0.717) is 53.0 Å². The van der Waals surface area contributed by atoms with E-state index in [1.165, 1.54) is 12.1 Å². The molecule has 37 heavy (non-hydrogen) atoms. The first-order valence-electron chi connectivity index (χ1n) is 12.4. The van der Waals surface area contributed by atoms with Crippen molar-refractivity contribution in [2.45, 2.75) is 53.2 Å². The highest BCUT2D eigenvalue weighted by atomic mass is 35.5. The van der Waals surface area contributed by atoms with E-state index in [2.05, 4.69) is 44.2 Å². The smallest absolute Gasteiger partial charge is 0.246 e. The minimum Gasteiger partial charge on any atom is -0.349 e. The second-order valence-electron chi connectivity index (χ2n) is 10.8. The second kappa shape index (κ2) is 10.2. The Labute approximate surface area is 222 Å². The van der Waals surface area contributed by atoms with Gasteiger partial charge in [0.15, 0.2) is 0 Å². The number of piperazine rings is 1. The van der Waals surface area contributed by atoms with Gasteiger partial charge in [0.2, 0.25) is 11.5 Å². The molecule has 0 N–H and O–H groups in total. The zero-order chi connectivity index (χ0) is 27.1. The van der Waals surface area contributed by atoms with Crippen LogP contribution in [0.1, 0.15) is 34.6 Å². The number of benzene rings is 1. The van der Waals surface area contributed by atoms with Crippen LogP contribution in [0.5, 0.6) is 0 Å². The zero-order valence-electron chi connectivity index (χ0n) is 22.3. The fraction of sp³-hybridized carbons (Fsp3) is 0.429. The summed E-state index contributed by atoms with van der Waals surface area (Å²) in [7, 11) is 1.71. The Hall–Kier alpha value is -3.26. The maximum Gasteiger partial charge on any atom is 0.246 e. The van der Waals surface area contributed by atoms with Crippen LogP contribution in [0.25, 0.3) is 22.3 Å². The lowest BCUT2D eigenvalue weighted by Crippen LogP contribution is -2.58. The van der Waals surface area contributed by atoms with Crippen molar-refractivity contribution in [2.75, 3.05) is 25.0 Å². The molecule has 3 heterocycles. The van der Waals surface area contributed by atoms with Crippen molar-refractivity contribution in [3.8, 4) is 11.3 Å². The molecule has 7 nitrogen and oxygen atoms in total. The largest absolute Gasteiger partial charge is 0.349 e. The standard InChI is InChI=1S/C28H34ClFN6O/c1-8-23(37)34-14-18(3)35(15-17(34)2)26-20-13-21(29)24(19-11-9-10-12-22(19)30)32-25(20)36(16-28(4,5)6)27(31-7)33-26/h8-13,17-18H,1,14-16H2,2-7H3/t17-,18+/m1/s1. The molecular formula is C28H34ClFN6O. The number of pyridine rings is 1. The van der Waals surface area contributed by atoms with Crippen LogP contribution in [0.2, 0.25) is 5.02 Å². The van der Waals surface area contributed by atoms with Crippen molar-refractivity contribution in [3.05, 3.63) is 59.4 Å². The first-order valence-corrected chi connectivity index (χ1v) is 12.8. The average molecular weight is 525 g/mol. The van der Waals surface area contributed by atoms with Crippen LogP contribution < -0.4 is 10.5 Å². The molecule has 1 saturated heterocycles. The minimum absolute atomic E-state index is 0.0241. The quantitative estimate of drug-likeness (QED) is 0.446. The maximum absolute atomic E-state index is 14.8. The topological polar surface area (TPSA) is 66.6 Å². The Morgan fingerprint density at radius 1 is 1.22 bits per heavy atom.